The zero-order valence-corrected chi connectivity index (χ0v) is 23.6. The standard InChI is InChI=1S/C31H34FN7O3/c1-3-30(40)34-24-19-25(28(41-2)20-27(24)38-11-8-23(9-12-38)37-14-16-42-17-15-37)35-31-33-10-6-29(36-31)39-13-7-21-18-22(32)4-5-26(21)39/h3-7,10,13,18-20,23H,1,8-9,11-12,14-17H2,2H3,(H,34,40)(H,33,35,36). The third-order valence-corrected chi connectivity index (χ3v) is 7.91. The summed E-state index contributed by atoms with van der Waals surface area (Å²) in [5.74, 6) is 0.960. The van der Waals surface area contributed by atoms with Crippen LogP contribution in [0.5, 0.6) is 5.75 Å². The summed E-state index contributed by atoms with van der Waals surface area (Å²) >= 11 is 0. The lowest BCUT2D eigenvalue weighted by molar-refractivity contribution is -0.111. The molecule has 2 aliphatic heterocycles. The number of morpholine rings is 1. The van der Waals surface area contributed by atoms with Gasteiger partial charge in [-0.25, -0.2) is 9.37 Å². The van der Waals surface area contributed by atoms with Crippen molar-refractivity contribution in [1.82, 2.24) is 19.4 Å². The van der Waals surface area contributed by atoms with Gasteiger partial charge >= 0.3 is 0 Å². The van der Waals surface area contributed by atoms with Crippen molar-refractivity contribution >= 4 is 39.8 Å². The van der Waals surface area contributed by atoms with E-state index in [1.54, 1.807) is 25.4 Å². The first kappa shape index (κ1) is 27.7. The van der Waals surface area contributed by atoms with Crippen LogP contribution in [-0.4, -0.2) is 77.9 Å². The normalized spacial score (nSPS) is 16.4. The van der Waals surface area contributed by atoms with Crippen LogP contribution in [0.4, 0.5) is 27.4 Å². The number of carbonyl (C=O) groups is 1. The third-order valence-electron chi connectivity index (χ3n) is 7.91. The van der Waals surface area contributed by atoms with E-state index in [4.69, 9.17) is 14.5 Å². The van der Waals surface area contributed by atoms with E-state index >= 15 is 0 Å². The Balaban J connectivity index is 1.27. The van der Waals surface area contributed by atoms with Gasteiger partial charge in [0.25, 0.3) is 0 Å². The van der Waals surface area contributed by atoms with E-state index in [9.17, 15) is 9.18 Å². The third kappa shape index (κ3) is 5.79. The molecule has 2 aliphatic rings. The molecule has 1 amide bonds. The lowest BCUT2D eigenvalue weighted by atomic mass is 10.0. The summed E-state index contributed by atoms with van der Waals surface area (Å²) in [7, 11) is 1.61. The molecule has 6 rings (SSSR count). The van der Waals surface area contributed by atoms with Crippen LogP contribution >= 0.6 is 0 Å². The van der Waals surface area contributed by atoms with Crippen molar-refractivity contribution in [2.45, 2.75) is 18.9 Å². The molecule has 2 aromatic heterocycles. The van der Waals surface area contributed by atoms with Gasteiger partial charge in [-0.1, -0.05) is 6.58 Å². The first-order chi connectivity index (χ1) is 20.5. The Morgan fingerprint density at radius 3 is 2.67 bits per heavy atom. The lowest BCUT2D eigenvalue weighted by Gasteiger charge is -2.41. The van der Waals surface area contributed by atoms with E-state index < -0.39 is 0 Å². The summed E-state index contributed by atoms with van der Waals surface area (Å²) in [6, 6.07) is 12.6. The molecule has 11 heteroatoms. The Morgan fingerprint density at radius 1 is 1.10 bits per heavy atom. The molecule has 0 unspecified atom stereocenters. The highest BCUT2D eigenvalue weighted by molar-refractivity contribution is 6.02. The fourth-order valence-electron chi connectivity index (χ4n) is 5.77. The lowest BCUT2D eigenvalue weighted by Crippen LogP contribution is -2.49. The summed E-state index contributed by atoms with van der Waals surface area (Å²) in [5.41, 5.74) is 2.95. The number of ether oxygens (including phenoxy) is 2. The quantitative estimate of drug-likeness (QED) is 0.293. The maximum atomic E-state index is 13.7. The van der Waals surface area contributed by atoms with E-state index in [1.807, 2.05) is 29.0 Å². The maximum absolute atomic E-state index is 13.7. The maximum Gasteiger partial charge on any atom is 0.247 e. The molecule has 0 aliphatic carbocycles. The van der Waals surface area contributed by atoms with Crippen molar-refractivity contribution in [3.63, 3.8) is 0 Å². The van der Waals surface area contributed by atoms with E-state index in [0.29, 0.717) is 34.9 Å². The van der Waals surface area contributed by atoms with Gasteiger partial charge in [-0.05, 0) is 55.3 Å². The van der Waals surface area contributed by atoms with Gasteiger partial charge in [0.05, 0.1) is 42.9 Å². The molecule has 0 spiro atoms. The summed E-state index contributed by atoms with van der Waals surface area (Å²) in [4.78, 5) is 26.4. The fourth-order valence-corrected chi connectivity index (χ4v) is 5.77. The number of fused-ring (bicyclic) bond motifs is 1. The molecule has 10 nitrogen and oxygen atoms in total. The monoisotopic (exact) mass is 571 g/mol. The predicted octanol–water partition coefficient (Wildman–Crippen LogP) is 4.74. The highest BCUT2D eigenvalue weighted by Crippen LogP contribution is 2.39. The van der Waals surface area contributed by atoms with E-state index in [1.165, 1.54) is 18.2 Å². The Kier molecular flexibility index (Phi) is 8.02. The number of halogens is 1. The van der Waals surface area contributed by atoms with E-state index in [-0.39, 0.29) is 11.7 Å². The number of rotatable bonds is 8. The van der Waals surface area contributed by atoms with Crippen molar-refractivity contribution in [3.8, 4) is 11.6 Å². The van der Waals surface area contributed by atoms with Crippen LogP contribution < -0.4 is 20.3 Å². The molecule has 2 aromatic carbocycles. The summed E-state index contributed by atoms with van der Waals surface area (Å²) in [6.45, 7) is 8.86. The fraction of sp³-hybridized carbons (Fsp3) is 0.323. The number of methoxy groups -OCH3 is 1. The van der Waals surface area contributed by atoms with E-state index in [2.05, 4.69) is 32.0 Å². The molecule has 0 saturated carbocycles. The molecule has 4 aromatic rings. The Morgan fingerprint density at radius 2 is 1.90 bits per heavy atom. The molecule has 0 radical (unpaired) electrons. The SMILES string of the molecule is C=CC(=O)Nc1cc(Nc2nccc(-n3ccc4cc(F)ccc43)n2)c(OC)cc1N1CCC(N2CCOCC2)CC1. The molecule has 2 saturated heterocycles. The molecule has 0 bridgehead atoms. The number of nitrogens with zero attached hydrogens (tertiary/aromatic N) is 5. The zero-order valence-electron chi connectivity index (χ0n) is 23.6. The van der Waals surface area contributed by atoms with Crippen molar-refractivity contribution in [2.24, 2.45) is 0 Å². The first-order valence-corrected chi connectivity index (χ1v) is 14.1. The Hall–Kier alpha value is -4.48. The highest BCUT2D eigenvalue weighted by atomic mass is 19.1. The summed E-state index contributed by atoms with van der Waals surface area (Å²) < 4.78 is 26.9. The number of amides is 1. The number of hydrogen-bond acceptors (Lipinski definition) is 8. The highest BCUT2D eigenvalue weighted by Gasteiger charge is 2.28. The van der Waals surface area contributed by atoms with E-state index in [0.717, 1.165) is 68.8 Å². The van der Waals surface area contributed by atoms with Crippen LogP contribution in [0.1, 0.15) is 12.8 Å². The molecular formula is C31H34FN7O3. The number of hydrogen-bond donors (Lipinski definition) is 2. The largest absolute Gasteiger partial charge is 0.494 e. The molecule has 4 heterocycles. The minimum atomic E-state index is -0.301. The topological polar surface area (TPSA) is 96.8 Å². The number of carbonyl (C=O) groups excluding carboxylic acids is 1. The van der Waals surface area contributed by atoms with Crippen LogP contribution in [-0.2, 0) is 9.53 Å². The van der Waals surface area contributed by atoms with Crippen molar-refractivity contribution in [2.75, 3.05) is 62.0 Å². The molecule has 42 heavy (non-hydrogen) atoms. The van der Waals surface area contributed by atoms with Crippen LogP contribution in [0, 0.1) is 5.82 Å². The van der Waals surface area contributed by atoms with Crippen LogP contribution in [0.2, 0.25) is 0 Å². The molecule has 0 atom stereocenters. The number of piperidine rings is 1. The smallest absolute Gasteiger partial charge is 0.247 e. The second-order valence-electron chi connectivity index (χ2n) is 10.4. The van der Waals surface area contributed by atoms with Crippen molar-refractivity contribution in [3.05, 3.63) is 73.3 Å². The summed E-state index contributed by atoms with van der Waals surface area (Å²) in [6.07, 6.45) is 6.80. The average molecular weight is 572 g/mol. The zero-order chi connectivity index (χ0) is 29.1. The van der Waals surface area contributed by atoms with Gasteiger partial charge in [-0.15, -0.1) is 0 Å². The Bertz CT molecular complexity index is 1590. The van der Waals surface area contributed by atoms with Crippen molar-refractivity contribution < 1.29 is 18.7 Å². The van der Waals surface area contributed by atoms with Gasteiger partial charge in [0, 0.05) is 56.1 Å². The molecule has 2 fully saturated rings. The van der Waals surface area contributed by atoms with Crippen LogP contribution in [0.25, 0.3) is 16.7 Å². The summed E-state index contributed by atoms with van der Waals surface area (Å²) in [5, 5.41) is 7.01. The minimum absolute atomic E-state index is 0.290. The average Bonchev–Trinajstić information content (AvgIpc) is 3.45. The number of nitrogens with one attached hydrogen (secondary N) is 2. The van der Waals surface area contributed by atoms with Crippen molar-refractivity contribution in [1.29, 1.82) is 0 Å². The van der Waals surface area contributed by atoms with Gasteiger partial charge in [0.2, 0.25) is 11.9 Å². The van der Waals surface area contributed by atoms with Gasteiger partial charge in [0.15, 0.2) is 0 Å². The van der Waals surface area contributed by atoms with Gasteiger partial charge in [-0.3, -0.25) is 9.69 Å². The van der Waals surface area contributed by atoms with Crippen LogP contribution in [0.15, 0.2) is 67.5 Å². The van der Waals surface area contributed by atoms with Gasteiger partial charge in [0.1, 0.15) is 17.4 Å². The van der Waals surface area contributed by atoms with Gasteiger partial charge in [-0.2, -0.15) is 4.98 Å². The molecular weight excluding hydrogens is 537 g/mol. The van der Waals surface area contributed by atoms with Gasteiger partial charge < -0.3 is 29.6 Å². The first-order valence-electron chi connectivity index (χ1n) is 14.1. The van der Waals surface area contributed by atoms with Crippen LogP contribution in [0.3, 0.4) is 0 Å². The second kappa shape index (κ2) is 12.2. The number of benzene rings is 2. The second-order valence-corrected chi connectivity index (χ2v) is 10.4. The number of anilines is 4. The minimum Gasteiger partial charge on any atom is -0.494 e. The molecule has 218 valence electrons. The Labute approximate surface area is 243 Å². The number of aromatic nitrogens is 3. The molecule has 2 N–H and O–H groups in total. The predicted molar refractivity (Wildman–Crippen MR) is 162 cm³/mol.